The molecule has 2 N–H and O–H groups in total. The topological polar surface area (TPSA) is 101 Å². The Morgan fingerprint density at radius 3 is 2.62 bits per heavy atom. The number of aromatic amines is 1. The zero-order valence-electron chi connectivity index (χ0n) is 14.6. The zero-order chi connectivity index (χ0) is 20.1. The van der Waals surface area contributed by atoms with Gasteiger partial charge in [0.25, 0.3) is 0 Å². The van der Waals surface area contributed by atoms with Gasteiger partial charge in [0.2, 0.25) is 0 Å². The van der Waals surface area contributed by atoms with E-state index in [1.165, 1.54) is 18.2 Å². The first kappa shape index (κ1) is 17.3. The maximum absolute atomic E-state index is 13.4. The molecule has 0 unspecified atom stereocenters. The molecule has 0 saturated carbocycles. The molecule has 3 aromatic heterocycles. The van der Waals surface area contributed by atoms with E-state index in [-0.39, 0.29) is 16.4 Å². The van der Waals surface area contributed by atoms with Crippen LogP contribution in [0.1, 0.15) is 10.5 Å². The number of fused-ring (bicyclic) bond motifs is 2. The van der Waals surface area contributed by atoms with Crippen LogP contribution < -0.4 is 4.87 Å². The van der Waals surface area contributed by atoms with Crippen molar-refractivity contribution in [3.05, 3.63) is 75.8 Å². The predicted molar refractivity (Wildman–Crippen MR) is 107 cm³/mol. The SMILES string of the molecule is O=C(O)c1ccc2nc(-c3ccc(F)cc3)n(-c3ccc4[nH]c(=O)sc4c3)c2n1. The first-order valence-corrected chi connectivity index (χ1v) is 9.33. The summed E-state index contributed by atoms with van der Waals surface area (Å²) in [7, 11) is 0. The second-order valence-corrected chi connectivity index (χ2v) is 7.33. The van der Waals surface area contributed by atoms with Gasteiger partial charge in [-0.05, 0) is 54.6 Å². The lowest BCUT2D eigenvalue weighted by molar-refractivity contribution is 0.0691. The number of aromatic carboxylic acids is 1. The molecule has 0 radical (unpaired) electrons. The van der Waals surface area contributed by atoms with Crippen LogP contribution in [0.5, 0.6) is 0 Å². The Hall–Kier alpha value is -3.85. The summed E-state index contributed by atoms with van der Waals surface area (Å²) >= 11 is 1.07. The third-order valence-corrected chi connectivity index (χ3v) is 5.33. The number of thiazole rings is 1. The van der Waals surface area contributed by atoms with E-state index < -0.39 is 5.97 Å². The highest BCUT2D eigenvalue weighted by molar-refractivity contribution is 7.16. The maximum Gasteiger partial charge on any atom is 0.354 e. The number of halogens is 1. The number of hydrogen-bond acceptors (Lipinski definition) is 5. The molecule has 0 amide bonds. The van der Waals surface area contributed by atoms with E-state index in [0.717, 1.165) is 16.0 Å². The molecular weight excluding hydrogens is 395 g/mol. The van der Waals surface area contributed by atoms with Crippen LogP contribution in [0.15, 0.2) is 59.4 Å². The number of carbonyl (C=O) groups is 1. The summed E-state index contributed by atoms with van der Waals surface area (Å²) in [6, 6.07) is 14.2. The van der Waals surface area contributed by atoms with Crippen LogP contribution in [0.2, 0.25) is 0 Å². The molecule has 0 saturated heterocycles. The van der Waals surface area contributed by atoms with Gasteiger partial charge in [0, 0.05) is 5.56 Å². The van der Waals surface area contributed by atoms with Crippen molar-refractivity contribution < 1.29 is 14.3 Å². The number of rotatable bonds is 3. The highest BCUT2D eigenvalue weighted by Gasteiger charge is 2.18. The van der Waals surface area contributed by atoms with Crippen molar-refractivity contribution in [2.75, 3.05) is 0 Å². The average molecular weight is 406 g/mol. The number of pyridine rings is 1. The summed E-state index contributed by atoms with van der Waals surface area (Å²) in [5, 5.41) is 9.33. The molecule has 0 bridgehead atoms. The normalized spacial score (nSPS) is 11.3. The van der Waals surface area contributed by atoms with Gasteiger partial charge in [0.15, 0.2) is 11.3 Å². The van der Waals surface area contributed by atoms with E-state index in [9.17, 15) is 19.1 Å². The number of nitrogens with one attached hydrogen (secondary N) is 1. The van der Waals surface area contributed by atoms with Gasteiger partial charge in [-0.15, -0.1) is 0 Å². The summed E-state index contributed by atoms with van der Waals surface area (Å²) < 4.78 is 15.9. The Morgan fingerprint density at radius 2 is 1.86 bits per heavy atom. The number of carboxylic acids is 1. The lowest BCUT2D eigenvalue weighted by Crippen LogP contribution is -2.03. The van der Waals surface area contributed by atoms with Gasteiger partial charge < -0.3 is 10.1 Å². The molecule has 142 valence electrons. The summed E-state index contributed by atoms with van der Waals surface area (Å²) in [5.41, 5.74) is 2.74. The number of hydrogen-bond donors (Lipinski definition) is 2. The Labute approximate surface area is 165 Å². The van der Waals surface area contributed by atoms with Gasteiger partial charge in [-0.3, -0.25) is 9.36 Å². The quantitative estimate of drug-likeness (QED) is 0.474. The molecule has 0 spiro atoms. The Morgan fingerprint density at radius 1 is 1.07 bits per heavy atom. The summed E-state index contributed by atoms with van der Waals surface area (Å²) in [4.78, 5) is 34.5. The van der Waals surface area contributed by atoms with Crippen molar-refractivity contribution in [1.29, 1.82) is 0 Å². The highest BCUT2D eigenvalue weighted by atomic mass is 32.1. The van der Waals surface area contributed by atoms with Gasteiger partial charge in [-0.2, -0.15) is 0 Å². The second-order valence-electron chi connectivity index (χ2n) is 6.32. The summed E-state index contributed by atoms with van der Waals surface area (Å²) in [6.45, 7) is 0. The van der Waals surface area contributed by atoms with Crippen molar-refractivity contribution in [1.82, 2.24) is 19.5 Å². The summed E-state index contributed by atoms with van der Waals surface area (Å²) in [6.07, 6.45) is 0. The van der Waals surface area contributed by atoms with Crippen LogP contribution >= 0.6 is 11.3 Å². The fourth-order valence-electron chi connectivity index (χ4n) is 3.19. The zero-order valence-corrected chi connectivity index (χ0v) is 15.4. The number of benzene rings is 2. The van der Waals surface area contributed by atoms with E-state index in [2.05, 4.69) is 15.0 Å². The Balaban J connectivity index is 1.84. The number of H-pyrrole nitrogens is 1. The van der Waals surface area contributed by atoms with Gasteiger partial charge in [0.05, 0.1) is 15.9 Å². The minimum absolute atomic E-state index is 0.114. The molecule has 0 atom stereocenters. The van der Waals surface area contributed by atoms with E-state index in [1.807, 2.05) is 0 Å². The smallest absolute Gasteiger partial charge is 0.354 e. The van der Waals surface area contributed by atoms with Crippen LogP contribution in [0.3, 0.4) is 0 Å². The van der Waals surface area contributed by atoms with Gasteiger partial charge in [-0.25, -0.2) is 19.2 Å². The van der Waals surface area contributed by atoms with Crippen molar-refractivity contribution in [3.63, 3.8) is 0 Å². The molecule has 0 aliphatic carbocycles. The average Bonchev–Trinajstić information content (AvgIpc) is 3.26. The molecule has 0 fully saturated rings. The molecule has 5 rings (SSSR count). The van der Waals surface area contributed by atoms with Crippen molar-refractivity contribution in [2.24, 2.45) is 0 Å². The van der Waals surface area contributed by atoms with Crippen LogP contribution in [0, 0.1) is 5.82 Å². The standard InChI is InChI=1S/C20H11FN4O3S/c21-11-3-1-10(2-4-11)17-22-14-7-8-15(19(26)27)23-18(14)25(17)12-5-6-13-16(9-12)29-20(28)24-13/h1-9H,(H,24,28)(H,26,27). The fraction of sp³-hybridized carbons (Fsp3) is 0. The lowest BCUT2D eigenvalue weighted by atomic mass is 10.2. The van der Waals surface area contributed by atoms with Crippen LogP contribution in [0.25, 0.3) is 38.5 Å². The molecule has 0 aliphatic rings. The molecule has 9 heteroatoms. The molecular formula is C20H11FN4O3S. The van der Waals surface area contributed by atoms with Crippen molar-refractivity contribution in [2.45, 2.75) is 0 Å². The minimum atomic E-state index is -1.15. The predicted octanol–water partition coefficient (Wildman–Crippen LogP) is 3.83. The van der Waals surface area contributed by atoms with Gasteiger partial charge in [0.1, 0.15) is 17.2 Å². The minimum Gasteiger partial charge on any atom is -0.477 e. The van der Waals surface area contributed by atoms with E-state index in [4.69, 9.17) is 0 Å². The second kappa shape index (κ2) is 6.35. The first-order chi connectivity index (χ1) is 14.0. The molecule has 5 aromatic rings. The molecule has 29 heavy (non-hydrogen) atoms. The number of aromatic nitrogens is 4. The summed E-state index contributed by atoms with van der Waals surface area (Å²) in [5.74, 6) is -1.04. The molecule has 0 aliphatic heterocycles. The van der Waals surface area contributed by atoms with E-state index in [0.29, 0.717) is 33.8 Å². The molecule has 7 nitrogen and oxygen atoms in total. The Kier molecular flexibility index (Phi) is 3.78. The molecule has 2 aromatic carbocycles. The highest BCUT2D eigenvalue weighted by Crippen LogP contribution is 2.30. The first-order valence-electron chi connectivity index (χ1n) is 8.51. The number of carboxylic acid groups (broad SMARTS) is 1. The van der Waals surface area contributed by atoms with Crippen LogP contribution in [-0.4, -0.2) is 30.6 Å². The lowest BCUT2D eigenvalue weighted by Gasteiger charge is -2.09. The Bertz CT molecular complexity index is 1470. The van der Waals surface area contributed by atoms with Crippen molar-refractivity contribution >= 4 is 38.7 Å². The largest absolute Gasteiger partial charge is 0.477 e. The monoisotopic (exact) mass is 406 g/mol. The third-order valence-electron chi connectivity index (χ3n) is 4.49. The van der Waals surface area contributed by atoms with E-state index in [1.54, 1.807) is 41.0 Å². The fourth-order valence-corrected chi connectivity index (χ4v) is 3.96. The number of imidazole rings is 1. The van der Waals surface area contributed by atoms with E-state index >= 15 is 0 Å². The van der Waals surface area contributed by atoms with Gasteiger partial charge in [-0.1, -0.05) is 11.3 Å². The van der Waals surface area contributed by atoms with Crippen LogP contribution in [0.4, 0.5) is 4.39 Å². The third kappa shape index (κ3) is 2.88. The van der Waals surface area contributed by atoms with Gasteiger partial charge >= 0.3 is 10.8 Å². The van der Waals surface area contributed by atoms with Crippen LogP contribution in [-0.2, 0) is 0 Å². The molecule has 3 heterocycles. The maximum atomic E-state index is 13.4. The van der Waals surface area contributed by atoms with Crippen molar-refractivity contribution in [3.8, 4) is 17.1 Å². The number of nitrogens with zero attached hydrogens (tertiary/aromatic N) is 3.